The zero-order valence-corrected chi connectivity index (χ0v) is 15.9. The summed E-state index contributed by atoms with van der Waals surface area (Å²) in [5.74, 6) is 2.38. The van der Waals surface area contributed by atoms with E-state index in [0.29, 0.717) is 18.4 Å². The van der Waals surface area contributed by atoms with Crippen molar-refractivity contribution in [3.05, 3.63) is 36.0 Å². The Morgan fingerprint density at radius 2 is 2.23 bits per heavy atom. The molecule has 0 aliphatic carbocycles. The third-order valence-corrected chi connectivity index (χ3v) is 6.16. The first-order valence-corrected chi connectivity index (χ1v) is 10.9. The lowest BCUT2D eigenvalue weighted by molar-refractivity contribution is 0.0317. The highest BCUT2D eigenvalue weighted by Gasteiger charge is 2.41. The van der Waals surface area contributed by atoms with Crippen molar-refractivity contribution >= 4 is 10.0 Å². The second kappa shape index (κ2) is 6.75. The van der Waals surface area contributed by atoms with E-state index in [1.54, 1.807) is 6.26 Å². The zero-order valence-electron chi connectivity index (χ0n) is 15.1. The number of fused-ring (bicyclic) bond motifs is 3. The topological polar surface area (TPSA) is 88.3 Å². The van der Waals surface area contributed by atoms with Crippen LogP contribution in [0.3, 0.4) is 0 Å². The van der Waals surface area contributed by atoms with Crippen LogP contribution < -0.4 is 4.72 Å². The highest BCUT2D eigenvalue weighted by Crippen LogP contribution is 2.41. The summed E-state index contributed by atoms with van der Waals surface area (Å²) in [5.41, 5.74) is 1.89. The van der Waals surface area contributed by atoms with Crippen molar-refractivity contribution in [2.75, 3.05) is 25.9 Å². The van der Waals surface area contributed by atoms with E-state index in [4.69, 9.17) is 9.40 Å². The van der Waals surface area contributed by atoms with Gasteiger partial charge in [0.1, 0.15) is 11.5 Å². The fourth-order valence-corrected chi connectivity index (χ4v) is 4.76. The number of rotatable bonds is 5. The van der Waals surface area contributed by atoms with Gasteiger partial charge in [0.2, 0.25) is 10.0 Å². The molecule has 3 aliphatic heterocycles. The average Bonchev–Trinajstić information content (AvgIpc) is 3.14. The first-order chi connectivity index (χ1) is 12.4. The predicted octanol–water partition coefficient (Wildman–Crippen LogP) is 1.77. The molecule has 8 heteroatoms. The van der Waals surface area contributed by atoms with Gasteiger partial charge in [-0.05, 0) is 50.4 Å². The first-order valence-electron chi connectivity index (χ1n) is 8.97. The Morgan fingerprint density at radius 1 is 1.38 bits per heavy atom. The molecule has 3 aliphatic rings. The molecule has 3 saturated heterocycles. The molecule has 0 saturated carbocycles. The number of aryl methyl sites for hydroxylation is 1. The van der Waals surface area contributed by atoms with Gasteiger partial charge in [0.05, 0.1) is 12.5 Å². The van der Waals surface area contributed by atoms with Crippen LogP contribution in [0.5, 0.6) is 0 Å². The van der Waals surface area contributed by atoms with Gasteiger partial charge in [-0.15, -0.1) is 0 Å². The number of aromatic nitrogens is 2. The lowest BCUT2D eigenvalue weighted by Gasteiger charge is -2.49. The van der Waals surface area contributed by atoms with Crippen LogP contribution in [0.4, 0.5) is 0 Å². The summed E-state index contributed by atoms with van der Waals surface area (Å²) >= 11 is 0. The monoisotopic (exact) mass is 376 g/mol. The van der Waals surface area contributed by atoms with Crippen LogP contribution in [-0.2, 0) is 10.0 Å². The van der Waals surface area contributed by atoms with Crippen LogP contribution in [0.2, 0.25) is 0 Å². The zero-order chi connectivity index (χ0) is 18.3. The molecule has 5 heterocycles. The maximum atomic E-state index is 11.4. The van der Waals surface area contributed by atoms with Gasteiger partial charge in [-0.25, -0.2) is 23.1 Å². The van der Waals surface area contributed by atoms with Gasteiger partial charge in [0.25, 0.3) is 0 Å². The Labute approximate surface area is 153 Å². The first kappa shape index (κ1) is 17.6. The molecule has 26 heavy (non-hydrogen) atoms. The Morgan fingerprint density at radius 3 is 2.88 bits per heavy atom. The standard InChI is InChI=1S/C18H24N4O3S/c1-12-20-16(9-17(21-12)18-4-3-7-25-18)15-11-22-6-5-13(15)8-14(22)10-19-26(2,23)24/h3-4,7,9,13-15,19H,5-6,8,10-11H2,1-2H3/t13-,14+,15+/m0/s1. The van der Waals surface area contributed by atoms with E-state index >= 15 is 0 Å². The van der Waals surface area contributed by atoms with Crippen LogP contribution in [0.1, 0.15) is 30.3 Å². The second-order valence-electron chi connectivity index (χ2n) is 7.36. The van der Waals surface area contributed by atoms with Crippen molar-refractivity contribution < 1.29 is 12.8 Å². The maximum Gasteiger partial charge on any atom is 0.208 e. The molecule has 0 amide bonds. The maximum absolute atomic E-state index is 11.4. The van der Waals surface area contributed by atoms with Crippen LogP contribution in [0.15, 0.2) is 28.9 Å². The lowest BCUT2D eigenvalue weighted by atomic mass is 9.74. The lowest BCUT2D eigenvalue weighted by Crippen LogP contribution is -2.56. The van der Waals surface area contributed by atoms with Crippen LogP contribution >= 0.6 is 0 Å². The van der Waals surface area contributed by atoms with Crippen molar-refractivity contribution in [1.29, 1.82) is 0 Å². The minimum Gasteiger partial charge on any atom is -0.463 e. The Bertz CT molecular complexity index is 882. The number of piperidine rings is 3. The van der Waals surface area contributed by atoms with E-state index in [9.17, 15) is 8.42 Å². The SMILES string of the molecule is Cc1nc(-c2ccco2)cc([C@@H]2CN3CC[C@H]2C[C@@H]3CNS(C)(=O)=O)n1. The average molecular weight is 376 g/mol. The number of hydrogen-bond donors (Lipinski definition) is 1. The fourth-order valence-electron chi connectivity index (χ4n) is 4.26. The highest BCUT2D eigenvalue weighted by atomic mass is 32.2. The molecule has 2 bridgehead atoms. The van der Waals surface area contributed by atoms with E-state index in [1.807, 2.05) is 25.1 Å². The largest absolute Gasteiger partial charge is 0.463 e. The third kappa shape index (κ3) is 3.67. The minimum absolute atomic E-state index is 0.271. The van der Waals surface area contributed by atoms with Crippen molar-refractivity contribution in [3.8, 4) is 11.5 Å². The molecule has 1 unspecified atom stereocenters. The molecule has 0 aromatic carbocycles. The van der Waals surface area contributed by atoms with Crippen LogP contribution in [0.25, 0.3) is 11.5 Å². The summed E-state index contributed by atoms with van der Waals surface area (Å²) in [4.78, 5) is 11.6. The van der Waals surface area contributed by atoms with E-state index in [2.05, 4.69) is 14.6 Å². The highest BCUT2D eigenvalue weighted by molar-refractivity contribution is 7.88. The number of sulfonamides is 1. The molecule has 3 fully saturated rings. The molecule has 2 aromatic heterocycles. The van der Waals surface area contributed by atoms with Gasteiger partial charge in [0.15, 0.2) is 5.76 Å². The molecule has 4 atom stereocenters. The van der Waals surface area contributed by atoms with E-state index in [0.717, 1.165) is 48.9 Å². The normalized spacial score (nSPS) is 28.4. The van der Waals surface area contributed by atoms with Crippen molar-refractivity contribution in [1.82, 2.24) is 19.6 Å². The van der Waals surface area contributed by atoms with Gasteiger partial charge < -0.3 is 4.42 Å². The Balaban J connectivity index is 1.54. The Hall–Kier alpha value is -1.77. The van der Waals surface area contributed by atoms with Crippen molar-refractivity contribution in [3.63, 3.8) is 0 Å². The van der Waals surface area contributed by atoms with Crippen molar-refractivity contribution in [2.24, 2.45) is 5.92 Å². The molecule has 0 radical (unpaired) electrons. The van der Waals surface area contributed by atoms with Gasteiger partial charge in [-0.3, -0.25) is 4.90 Å². The van der Waals surface area contributed by atoms with Crippen molar-refractivity contribution in [2.45, 2.75) is 31.7 Å². The number of furan rings is 1. The summed E-state index contributed by atoms with van der Waals surface area (Å²) in [7, 11) is -3.15. The summed E-state index contributed by atoms with van der Waals surface area (Å²) in [6.07, 6.45) is 4.98. The van der Waals surface area contributed by atoms with Gasteiger partial charge in [0, 0.05) is 30.7 Å². The summed E-state index contributed by atoms with van der Waals surface area (Å²) in [5, 5.41) is 0. The quantitative estimate of drug-likeness (QED) is 0.856. The molecule has 7 nitrogen and oxygen atoms in total. The number of nitrogens with one attached hydrogen (secondary N) is 1. The molecule has 5 rings (SSSR count). The minimum atomic E-state index is -3.15. The Kier molecular flexibility index (Phi) is 4.58. The summed E-state index contributed by atoms with van der Waals surface area (Å²) in [6.45, 7) is 4.33. The summed E-state index contributed by atoms with van der Waals surface area (Å²) < 4.78 is 31.0. The van der Waals surface area contributed by atoms with Crippen LogP contribution in [-0.4, -0.2) is 55.2 Å². The summed E-state index contributed by atoms with van der Waals surface area (Å²) in [6, 6.07) is 6.09. The van der Waals surface area contributed by atoms with E-state index in [1.165, 1.54) is 6.26 Å². The number of hydrogen-bond acceptors (Lipinski definition) is 6. The van der Waals surface area contributed by atoms with Crippen LogP contribution in [0, 0.1) is 12.8 Å². The van der Waals surface area contributed by atoms with Gasteiger partial charge in [-0.1, -0.05) is 0 Å². The number of nitrogens with zero attached hydrogens (tertiary/aromatic N) is 3. The van der Waals surface area contributed by atoms with E-state index < -0.39 is 10.0 Å². The molecular weight excluding hydrogens is 352 g/mol. The molecular formula is C18H24N4O3S. The van der Waals surface area contributed by atoms with E-state index in [-0.39, 0.29) is 6.04 Å². The smallest absolute Gasteiger partial charge is 0.208 e. The van der Waals surface area contributed by atoms with Gasteiger partial charge >= 0.3 is 0 Å². The van der Waals surface area contributed by atoms with Gasteiger partial charge in [-0.2, -0.15) is 0 Å². The molecule has 140 valence electrons. The molecule has 2 aromatic rings. The predicted molar refractivity (Wildman–Crippen MR) is 98.1 cm³/mol. The fraction of sp³-hybridized carbons (Fsp3) is 0.556. The molecule has 1 N–H and O–H groups in total. The molecule has 0 spiro atoms. The second-order valence-corrected chi connectivity index (χ2v) is 9.20. The third-order valence-electron chi connectivity index (χ3n) is 5.47.